The second-order valence-corrected chi connectivity index (χ2v) is 5.41. The summed E-state index contributed by atoms with van der Waals surface area (Å²) < 4.78 is 0. The Morgan fingerprint density at radius 2 is 2.24 bits per heavy atom. The van der Waals surface area contributed by atoms with Gasteiger partial charge in [-0.2, -0.15) is 0 Å². The number of anilines is 1. The summed E-state index contributed by atoms with van der Waals surface area (Å²) in [6.45, 7) is 2.17. The Morgan fingerprint density at radius 1 is 1.57 bits per heavy atom. The lowest BCUT2D eigenvalue weighted by molar-refractivity contribution is -0.384. The molecule has 0 saturated heterocycles. The maximum absolute atomic E-state index is 12.3. The molecule has 0 bridgehead atoms. The molecule has 0 spiro atoms. The molecular formula is C14H20N4O3. The third kappa shape index (κ3) is 3.49. The van der Waals surface area contributed by atoms with E-state index >= 15 is 0 Å². The van der Waals surface area contributed by atoms with Crippen LogP contribution in [-0.2, 0) is 0 Å². The average molecular weight is 292 g/mol. The quantitative estimate of drug-likeness (QED) is 0.612. The molecule has 7 nitrogen and oxygen atoms in total. The van der Waals surface area contributed by atoms with Gasteiger partial charge in [0.25, 0.3) is 11.6 Å². The monoisotopic (exact) mass is 292 g/mol. The number of amides is 1. The minimum absolute atomic E-state index is 0.0680. The van der Waals surface area contributed by atoms with E-state index in [1.165, 1.54) is 11.0 Å². The van der Waals surface area contributed by atoms with Crippen LogP contribution in [0.3, 0.4) is 0 Å². The first-order valence-corrected chi connectivity index (χ1v) is 6.96. The topological polar surface area (TPSA) is 102 Å². The molecule has 2 rings (SSSR count). The van der Waals surface area contributed by atoms with Crippen LogP contribution in [0.5, 0.6) is 0 Å². The highest BCUT2D eigenvalue weighted by Gasteiger charge is 2.26. The number of carbonyl (C=O) groups is 1. The lowest BCUT2D eigenvalue weighted by Crippen LogP contribution is -2.39. The summed E-state index contributed by atoms with van der Waals surface area (Å²) in [4.78, 5) is 24.5. The number of nitro groups is 1. The molecule has 21 heavy (non-hydrogen) atoms. The predicted molar refractivity (Wildman–Crippen MR) is 80.4 cm³/mol. The van der Waals surface area contributed by atoms with Crippen molar-refractivity contribution in [2.45, 2.75) is 31.8 Å². The molecule has 1 aliphatic carbocycles. The van der Waals surface area contributed by atoms with E-state index in [0.29, 0.717) is 23.8 Å². The summed E-state index contributed by atoms with van der Waals surface area (Å²) in [6, 6.07) is 4.73. The number of likely N-dealkylation sites (N-methyl/N-ethyl adjacent to an activating group) is 1. The van der Waals surface area contributed by atoms with E-state index in [1.807, 2.05) is 6.92 Å². The molecule has 1 atom stereocenters. The van der Waals surface area contributed by atoms with Gasteiger partial charge in [0, 0.05) is 37.3 Å². The number of nitrogens with two attached hydrogens (primary N) is 1. The average Bonchev–Trinajstić information content (AvgIpc) is 3.29. The van der Waals surface area contributed by atoms with Gasteiger partial charge in [-0.3, -0.25) is 14.9 Å². The van der Waals surface area contributed by atoms with E-state index in [1.54, 1.807) is 19.2 Å². The largest absolute Gasteiger partial charge is 0.377 e. The fourth-order valence-corrected chi connectivity index (χ4v) is 1.95. The number of rotatable bonds is 6. The normalized spacial score (nSPS) is 15.4. The predicted octanol–water partition coefficient (Wildman–Crippen LogP) is 1.59. The number of hydrogen-bond acceptors (Lipinski definition) is 5. The van der Waals surface area contributed by atoms with Crippen molar-refractivity contribution in [3.63, 3.8) is 0 Å². The lowest BCUT2D eigenvalue weighted by Gasteiger charge is -2.23. The Bertz CT molecular complexity index is 557. The molecule has 1 aliphatic rings. The van der Waals surface area contributed by atoms with E-state index < -0.39 is 4.92 Å². The van der Waals surface area contributed by atoms with Crippen molar-refractivity contribution in [2.24, 2.45) is 5.73 Å². The Balaban J connectivity index is 2.26. The van der Waals surface area contributed by atoms with Gasteiger partial charge in [0.15, 0.2) is 0 Å². The van der Waals surface area contributed by atoms with Crippen molar-refractivity contribution in [1.82, 2.24) is 4.90 Å². The van der Waals surface area contributed by atoms with Crippen molar-refractivity contribution in [1.29, 1.82) is 0 Å². The number of nitro benzene ring substituents is 1. The molecule has 1 amide bonds. The summed E-state index contributed by atoms with van der Waals surface area (Å²) in [5.74, 6) is -0.269. The third-order valence-electron chi connectivity index (χ3n) is 3.70. The van der Waals surface area contributed by atoms with Gasteiger partial charge in [0.1, 0.15) is 5.69 Å². The van der Waals surface area contributed by atoms with E-state index in [0.717, 1.165) is 12.8 Å². The van der Waals surface area contributed by atoms with Crippen LogP contribution in [0.1, 0.15) is 30.1 Å². The Hall–Kier alpha value is -2.15. The molecule has 3 N–H and O–H groups in total. The van der Waals surface area contributed by atoms with Crippen LogP contribution in [0, 0.1) is 10.1 Å². The minimum Gasteiger partial charge on any atom is -0.377 e. The number of nitrogens with zero attached hydrogens (tertiary/aromatic N) is 2. The summed E-state index contributed by atoms with van der Waals surface area (Å²) in [5, 5.41) is 14.3. The molecule has 1 aromatic rings. The van der Waals surface area contributed by atoms with Gasteiger partial charge >= 0.3 is 0 Å². The molecule has 1 unspecified atom stereocenters. The first-order chi connectivity index (χ1) is 9.93. The van der Waals surface area contributed by atoms with Gasteiger partial charge < -0.3 is 16.0 Å². The SMILES string of the molecule is CC(CN)N(C)C(=O)c1ccc(NC2CC2)c([N+](=O)[O-])c1. The molecule has 0 aliphatic heterocycles. The number of nitrogens with one attached hydrogen (secondary N) is 1. The molecule has 1 aromatic carbocycles. The van der Waals surface area contributed by atoms with Crippen molar-refractivity contribution in [2.75, 3.05) is 18.9 Å². The van der Waals surface area contributed by atoms with Crippen LogP contribution in [0.2, 0.25) is 0 Å². The molecule has 1 fully saturated rings. The fourth-order valence-electron chi connectivity index (χ4n) is 1.95. The number of carbonyl (C=O) groups excluding carboxylic acids is 1. The third-order valence-corrected chi connectivity index (χ3v) is 3.70. The van der Waals surface area contributed by atoms with Crippen molar-refractivity contribution >= 4 is 17.3 Å². The van der Waals surface area contributed by atoms with Crippen LogP contribution in [-0.4, -0.2) is 41.4 Å². The second-order valence-electron chi connectivity index (χ2n) is 5.41. The van der Waals surface area contributed by atoms with Crippen LogP contribution in [0.4, 0.5) is 11.4 Å². The van der Waals surface area contributed by atoms with E-state index in [-0.39, 0.29) is 17.6 Å². The Morgan fingerprint density at radius 3 is 2.76 bits per heavy atom. The van der Waals surface area contributed by atoms with Gasteiger partial charge in [-0.1, -0.05) is 0 Å². The lowest BCUT2D eigenvalue weighted by atomic mass is 10.1. The van der Waals surface area contributed by atoms with E-state index in [4.69, 9.17) is 5.73 Å². The molecule has 114 valence electrons. The fraction of sp³-hybridized carbons (Fsp3) is 0.500. The van der Waals surface area contributed by atoms with Crippen LogP contribution < -0.4 is 11.1 Å². The molecule has 7 heteroatoms. The summed E-state index contributed by atoms with van der Waals surface area (Å²) in [7, 11) is 1.64. The van der Waals surface area contributed by atoms with Crippen molar-refractivity contribution in [3.05, 3.63) is 33.9 Å². The zero-order valence-corrected chi connectivity index (χ0v) is 12.2. The van der Waals surface area contributed by atoms with Gasteiger partial charge in [-0.05, 0) is 31.9 Å². The molecular weight excluding hydrogens is 272 g/mol. The minimum atomic E-state index is -0.464. The number of benzene rings is 1. The molecule has 0 aromatic heterocycles. The summed E-state index contributed by atoms with van der Waals surface area (Å²) in [5.41, 5.74) is 6.24. The van der Waals surface area contributed by atoms with Gasteiger partial charge in [-0.25, -0.2) is 0 Å². The van der Waals surface area contributed by atoms with E-state index in [2.05, 4.69) is 5.32 Å². The molecule has 0 heterocycles. The second kappa shape index (κ2) is 6.09. The first kappa shape index (κ1) is 15.2. The highest BCUT2D eigenvalue weighted by atomic mass is 16.6. The zero-order chi connectivity index (χ0) is 15.6. The van der Waals surface area contributed by atoms with Crippen LogP contribution in [0.25, 0.3) is 0 Å². The molecule has 0 radical (unpaired) electrons. The Kier molecular flexibility index (Phi) is 4.42. The van der Waals surface area contributed by atoms with Gasteiger partial charge in [0.2, 0.25) is 0 Å². The smallest absolute Gasteiger partial charge is 0.293 e. The highest BCUT2D eigenvalue weighted by molar-refractivity contribution is 5.95. The summed E-state index contributed by atoms with van der Waals surface area (Å²) >= 11 is 0. The zero-order valence-electron chi connectivity index (χ0n) is 12.2. The maximum atomic E-state index is 12.3. The van der Waals surface area contributed by atoms with Crippen molar-refractivity contribution in [3.8, 4) is 0 Å². The van der Waals surface area contributed by atoms with Crippen LogP contribution >= 0.6 is 0 Å². The number of hydrogen-bond donors (Lipinski definition) is 2. The van der Waals surface area contributed by atoms with Crippen LogP contribution in [0.15, 0.2) is 18.2 Å². The van der Waals surface area contributed by atoms with E-state index in [9.17, 15) is 14.9 Å². The van der Waals surface area contributed by atoms with Gasteiger partial charge in [-0.15, -0.1) is 0 Å². The first-order valence-electron chi connectivity index (χ1n) is 6.96. The standard InChI is InChI=1S/C14H20N4O3/c1-9(8-15)17(2)14(19)10-3-6-12(16-11-4-5-11)13(7-10)18(20)21/h3,6-7,9,11,16H,4-5,8,15H2,1-2H3. The summed E-state index contributed by atoms with van der Waals surface area (Å²) in [6.07, 6.45) is 2.04. The maximum Gasteiger partial charge on any atom is 0.293 e. The molecule has 1 saturated carbocycles. The van der Waals surface area contributed by atoms with Gasteiger partial charge in [0.05, 0.1) is 4.92 Å². The highest BCUT2D eigenvalue weighted by Crippen LogP contribution is 2.31. The van der Waals surface area contributed by atoms with Crippen molar-refractivity contribution < 1.29 is 9.72 Å². The Labute approximate surface area is 123 Å².